The maximum absolute atomic E-state index is 12.4. The number of aryl methyl sites for hydroxylation is 1. The summed E-state index contributed by atoms with van der Waals surface area (Å²) >= 11 is 1.68. The van der Waals surface area contributed by atoms with Crippen molar-refractivity contribution < 1.29 is 9.53 Å². The van der Waals surface area contributed by atoms with E-state index in [2.05, 4.69) is 11.4 Å². The Bertz CT molecular complexity index is 637. The summed E-state index contributed by atoms with van der Waals surface area (Å²) in [6, 6.07) is 9.25. The molecule has 0 aliphatic carbocycles. The van der Waals surface area contributed by atoms with Crippen LogP contribution in [0.4, 0.5) is 5.69 Å². The molecule has 1 heterocycles. The molecule has 1 atom stereocenters. The fourth-order valence-corrected chi connectivity index (χ4v) is 2.95. The number of rotatable bonds is 5. The quantitative estimate of drug-likeness (QED) is 0.831. The minimum Gasteiger partial charge on any atom is -0.491 e. The topological polar surface area (TPSA) is 64.3 Å². The maximum atomic E-state index is 12.4. The van der Waals surface area contributed by atoms with Crippen LogP contribution in [0.3, 0.4) is 0 Å². The van der Waals surface area contributed by atoms with Crippen molar-refractivity contribution in [2.75, 3.05) is 12.3 Å². The van der Waals surface area contributed by atoms with Gasteiger partial charge in [-0.2, -0.15) is 0 Å². The molecule has 3 N–H and O–H groups in total. The number of carbonyl (C=O) groups is 1. The van der Waals surface area contributed by atoms with Crippen molar-refractivity contribution in [3.63, 3.8) is 0 Å². The summed E-state index contributed by atoms with van der Waals surface area (Å²) in [7, 11) is 0. The van der Waals surface area contributed by atoms with Gasteiger partial charge in [-0.1, -0.05) is 6.07 Å². The molecule has 2 rings (SSSR count). The van der Waals surface area contributed by atoms with Crippen molar-refractivity contribution in [3.8, 4) is 5.75 Å². The number of nitrogens with two attached hydrogens (primary N) is 1. The lowest BCUT2D eigenvalue weighted by atomic mass is 10.1. The Morgan fingerprint density at radius 3 is 2.76 bits per heavy atom. The van der Waals surface area contributed by atoms with Crippen molar-refractivity contribution >= 4 is 22.9 Å². The Kier molecular flexibility index (Phi) is 4.85. The standard InChI is InChI=1S/C16H20N2O2S/c1-4-20-15-12(6-5-7-13(15)17)16(19)18-11(3)14-9-8-10(2)21-14/h5-9,11H,4,17H2,1-3H3,(H,18,19). The SMILES string of the molecule is CCOc1c(N)cccc1C(=O)NC(C)c1ccc(C)s1. The summed E-state index contributed by atoms with van der Waals surface area (Å²) in [5.74, 6) is 0.274. The number of benzene rings is 1. The molecule has 0 aliphatic heterocycles. The van der Waals surface area contributed by atoms with Crippen molar-refractivity contribution in [1.82, 2.24) is 5.32 Å². The third kappa shape index (κ3) is 3.55. The zero-order valence-corrected chi connectivity index (χ0v) is 13.3. The third-order valence-electron chi connectivity index (χ3n) is 3.11. The van der Waals surface area contributed by atoms with Gasteiger partial charge in [0.15, 0.2) is 5.75 Å². The number of thiophene rings is 1. The molecule has 0 saturated carbocycles. The summed E-state index contributed by atoms with van der Waals surface area (Å²) in [5, 5.41) is 2.99. The first-order valence-electron chi connectivity index (χ1n) is 6.91. The number of amides is 1. The van der Waals surface area contributed by atoms with Crippen LogP contribution < -0.4 is 15.8 Å². The van der Waals surface area contributed by atoms with Gasteiger partial charge in [0.1, 0.15) is 0 Å². The van der Waals surface area contributed by atoms with E-state index in [1.807, 2.05) is 26.8 Å². The second-order valence-electron chi connectivity index (χ2n) is 4.80. The number of carbonyl (C=O) groups excluding carboxylic acids is 1. The highest BCUT2D eigenvalue weighted by atomic mass is 32.1. The first-order chi connectivity index (χ1) is 10.0. The summed E-state index contributed by atoms with van der Waals surface area (Å²) < 4.78 is 5.50. The summed E-state index contributed by atoms with van der Waals surface area (Å²) in [5.41, 5.74) is 6.83. The van der Waals surface area contributed by atoms with Crippen LogP contribution in [0.1, 0.15) is 40.0 Å². The van der Waals surface area contributed by atoms with E-state index >= 15 is 0 Å². The summed E-state index contributed by atoms with van der Waals surface area (Å²) in [6.45, 7) is 6.35. The molecule has 0 saturated heterocycles. The maximum Gasteiger partial charge on any atom is 0.255 e. The van der Waals surface area contributed by atoms with Crippen molar-refractivity contribution in [2.24, 2.45) is 0 Å². The van der Waals surface area contributed by atoms with Crippen LogP contribution in [-0.4, -0.2) is 12.5 Å². The molecule has 21 heavy (non-hydrogen) atoms. The van der Waals surface area contributed by atoms with E-state index < -0.39 is 0 Å². The molecule has 0 spiro atoms. The largest absolute Gasteiger partial charge is 0.491 e. The number of ether oxygens (including phenoxy) is 1. The van der Waals surface area contributed by atoms with Crippen molar-refractivity contribution in [3.05, 3.63) is 45.6 Å². The van der Waals surface area contributed by atoms with E-state index in [4.69, 9.17) is 10.5 Å². The molecule has 1 aromatic carbocycles. The molecular weight excluding hydrogens is 284 g/mol. The predicted molar refractivity (Wildman–Crippen MR) is 87.0 cm³/mol. The van der Waals surface area contributed by atoms with Gasteiger partial charge in [-0.15, -0.1) is 11.3 Å². The molecule has 0 aliphatic rings. The number of anilines is 1. The molecule has 0 fully saturated rings. The zero-order valence-electron chi connectivity index (χ0n) is 12.5. The minimum absolute atomic E-state index is 0.0490. The van der Waals surface area contributed by atoms with Crippen LogP contribution >= 0.6 is 11.3 Å². The van der Waals surface area contributed by atoms with Gasteiger partial charge in [-0.05, 0) is 45.0 Å². The van der Waals surface area contributed by atoms with E-state index in [0.29, 0.717) is 23.6 Å². The van der Waals surface area contributed by atoms with E-state index in [9.17, 15) is 4.79 Å². The smallest absolute Gasteiger partial charge is 0.255 e. The van der Waals surface area contributed by atoms with Crippen LogP contribution in [0.5, 0.6) is 5.75 Å². The van der Waals surface area contributed by atoms with Gasteiger partial charge in [0.25, 0.3) is 5.91 Å². The number of para-hydroxylation sites is 1. The van der Waals surface area contributed by atoms with Gasteiger partial charge >= 0.3 is 0 Å². The van der Waals surface area contributed by atoms with Gasteiger partial charge in [-0.3, -0.25) is 4.79 Å². The summed E-state index contributed by atoms with van der Waals surface area (Å²) in [4.78, 5) is 14.8. The van der Waals surface area contributed by atoms with Crippen LogP contribution in [0.25, 0.3) is 0 Å². The van der Waals surface area contributed by atoms with Crippen LogP contribution in [-0.2, 0) is 0 Å². The molecule has 1 aromatic heterocycles. The van der Waals surface area contributed by atoms with Crippen molar-refractivity contribution in [1.29, 1.82) is 0 Å². The molecule has 112 valence electrons. The Morgan fingerprint density at radius 1 is 1.38 bits per heavy atom. The first-order valence-corrected chi connectivity index (χ1v) is 7.73. The van der Waals surface area contributed by atoms with Gasteiger partial charge in [0, 0.05) is 9.75 Å². The number of nitrogen functional groups attached to an aromatic ring is 1. The van der Waals surface area contributed by atoms with E-state index in [-0.39, 0.29) is 11.9 Å². The Hall–Kier alpha value is -2.01. The van der Waals surface area contributed by atoms with Gasteiger partial charge in [0.2, 0.25) is 0 Å². The van der Waals surface area contributed by atoms with Gasteiger partial charge in [-0.25, -0.2) is 0 Å². The molecule has 1 amide bonds. The lowest BCUT2D eigenvalue weighted by Crippen LogP contribution is -2.26. The molecule has 5 heteroatoms. The lowest BCUT2D eigenvalue weighted by Gasteiger charge is -2.15. The number of nitrogens with one attached hydrogen (secondary N) is 1. The van der Waals surface area contributed by atoms with Crippen LogP contribution in [0, 0.1) is 6.92 Å². The first kappa shape index (κ1) is 15.4. The van der Waals surface area contributed by atoms with Gasteiger partial charge in [0.05, 0.1) is 23.9 Å². The molecular formula is C16H20N2O2S. The molecule has 1 unspecified atom stereocenters. The Balaban J connectivity index is 2.18. The predicted octanol–water partition coefficient (Wildman–Crippen LogP) is 3.53. The number of hydrogen-bond acceptors (Lipinski definition) is 4. The summed E-state index contributed by atoms with van der Waals surface area (Å²) in [6.07, 6.45) is 0. The van der Waals surface area contributed by atoms with Crippen LogP contribution in [0.15, 0.2) is 30.3 Å². The highest BCUT2D eigenvalue weighted by Gasteiger charge is 2.18. The minimum atomic E-state index is -0.177. The Morgan fingerprint density at radius 2 is 2.14 bits per heavy atom. The zero-order chi connectivity index (χ0) is 15.4. The Labute approximate surface area is 128 Å². The lowest BCUT2D eigenvalue weighted by molar-refractivity contribution is 0.0937. The molecule has 4 nitrogen and oxygen atoms in total. The average Bonchev–Trinajstić information content (AvgIpc) is 2.88. The second kappa shape index (κ2) is 6.63. The monoisotopic (exact) mass is 304 g/mol. The fraction of sp³-hybridized carbons (Fsp3) is 0.312. The van der Waals surface area contributed by atoms with E-state index in [0.717, 1.165) is 4.88 Å². The third-order valence-corrected chi connectivity index (χ3v) is 4.30. The van der Waals surface area contributed by atoms with Crippen molar-refractivity contribution in [2.45, 2.75) is 26.8 Å². The number of hydrogen-bond donors (Lipinski definition) is 2. The van der Waals surface area contributed by atoms with E-state index in [1.165, 1.54) is 4.88 Å². The fourth-order valence-electron chi connectivity index (χ4n) is 2.07. The highest BCUT2D eigenvalue weighted by Crippen LogP contribution is 2.28. The highest BCUT2D eigenvalue weighted by molar-refractivity contribution is 7.12. The normalized spacial score (nSPS) is 12.0. The molecule has 2 aromatic rings. The van der Waals surface area contributed by atoms with Gasteiger partial charge < -0.3 is 15.8 Å². The second-order valence-corrected chi connectivity index (χ2v) is 6.12. The average molecular weight is 304 g/mol. The van der Waals surface area contributed by atoms with E-state index in [1.54, 1.807) is 29.5 Å². The molecule has 0 bridgehead atoms. The van der Waals surface area contributed by atoms with Crippen LogP contribution in [0.2, 0.25) is 0 Å². The molecule has 0 radical (unpaired) electrons.